The Bertz CT molecular complexity index is 703. The third kappa shape index (κ3) is 4.31. The van der Waals surface area contributed by atoms with Crippen molar-refractivity contribution in [2.45, 2.75) is 33.6 Å². The van der Waals surface area contributed by atoms with Crippen molar-refractivity contribution in [3.63, 3.8) is 0 Å². The summed E-state index contributed by atoms with van der Waals surface area (Å²) in [5.41, 5.74) is 3.87. The van der Waals surface area contributed by atoms with Crippen LogP contribution in [0.2, 0.25) is 0 Å². The molecule has 0 saturated heterocycles. The molecule has 0 saturated carbocycles. The summed E-state index contributed by atoms with van der Waals surface area (Å²) in [6.45, 7) is 7.85. The fourth-order valence-corrected chi connectivity index (χ4v) is 3.23. The molecule has 0 aliphatic rings. The zero-order chi connectivity index (χ0) is 19.1. The Morgan fingerprint density at radius 1 is 0.769 bits per heavy atom. The number of rotatable bonds is 7. The molecule has 0 heterocycles. The quantitative estimate of drug-likeness (QED) is 0.553. The van der Waals surface area contributed by atoms with E-state index in [-0.39, 0.29) is 13.2 Å². The number of hydrogen-bond acceptors (Lipinski definition) is 4. The van der Waals surface area contributed by atoms with Crippen molar-refractivity contribution in [2.24, 2.45) is 5.92 Å². The lowest BCUT2D eigenvalue weighted by Crippen LogP contribution is -2.34. The minimum absolute atomic E-state index is 0.211. The third-order valence-corrected chi connectivity index (χ3v) is 4.46. The molecule has 0 N–H and O–H groups in total. The van der Waals surface area contributed by atoms with Crippen LogP contribution >= 0.6 is 0 Å². The number of esters is 2. The number of benzene rings is 2. The molecule has 0 fully saturated rings. The predicted octanol–water partition coefficient (Wildman–Crippen LogP) is 4.18. The fourth-order valence-electron chi connectivity index (χ4n) is 3.23. The lowest BCUT2D eigenvalue weighted by molar-refractivity contribution is -0.162. The van der Waals surface area contributed by atoms with Crippen LogP contribution in [0.25, 0.3) is 0 Å². The summed E-state index contributed by atoms with van der Waals surface area (Å²) in [7, 11) is 0. The number of carbonyl (C=O) groups excluding carboxylic acids is 2. The van der Waals surface area contributed by atoms with Gasteiger partial charge in [0.15, 0.2) is 5.92 Å². The molecule has 0 spiro atoms. The largest absolute Gasteiger partial charge is 0.465 e. The van der Waals surface area contributed by atoms with Gasteiger partial charge >= 0.3 is 11.9 Å². The van der Waals surface area contributed by atoms with Crippen molar-refractivity contribution in [1.82, 2.24) is 0 Å². The van der Waals surface area contributed by atoms with Gasteiger partial charge in [-0.1, -0.05) is 48.5 Å². The molecule has 0 atom stereocenters. The number of carbonyl (C=O) groups is 2. The van der Waals surface area contributed by atoms with Crippen LogP contribution in [0, 0.1) is 19.8 Å². The molecule has 2 aromatic carbocycles. The Labute approximate surface area is 155 Å². The first-order valence-corrected chi connectivity index (χ1v) is 8.95. The van der Waals surface area contributed by atoms with Crippen LogP contribution < -0.4 is 0 Å². The summed E-state index contributed by atoms with van der Waals surface area (Å²) in [6.07, 6.45) is 0. The molecule has 0 amide bonds. The van der Waals surface area contributed by atoms with Gasteiger partial charge in [-0.3, -0.25) is 9.59 Å². The summed E-state index contributed by atoms with van der Waals surface area (Å²) in [4.78, 5) is 25.5. The maximum absolute atomic E-state index is 12.7. The van der Waals surface area contributed by atoms with Crippen molar-refractivity contribution in [2.75, 3.05) is 13.2 Å². The smallest absolute Gasteiger partial charge is 0.321 e. The number of ether oxygens (including phenoxy) is 2. The van der Waals surface area contributed by atoms with Gasteiger partial charge in [0.25, 0.3) is 0 Å². The second kappa shape index (κ2) is 9.18. The van der Waals surface area contributed by atoms with E-state index < -0.39 is 23.8 Å². The molecule has 4 heteroatoms. The molecule has 0 aromatic heterocycles. The van der Waals surface area contributed by atoms with E-state index in [0.717, 1.165) is 22.3 Å². The Morgan fingerprint density at radius 3 is 1.50 bits per heavy atom. The molecule has 0 aliphatic heterocycles. The molecular formula is C22H26O4. The first-order valence-electron chi connectivity index (χ1n) is 8.95. The Balaban J connectivity index is 2.67. The summed E-state index contributed by atoms with van der Waals surface area (Å²) in [5.74, 6) is -2.61. The molecule has 0 bridgehead atoms. The molecular weight excluding hydrogens is 328 g/mol. The van der Waals surface area contributed by atoms with Gasteiger partial charge in [0.2, 0.25) is 0 Å². The van der Waals surface area contributed by atoms with Crippen molar-refractivity contribution >= 4 is 11.9 Å². The summed E-state index contributed by atoms with van der Waals surface area (Å²) >= 11 is 0. The SMILES string of the molecule is CCOC(=O)C(C(=O)OCC)C(c1ccccc1C)c1ccccc1C. The molecule has 26 heavy (non-hydrogen) atoms. The number of hydrogen-bond donors (Lipinski definition) is 0. The highest BCUT2D eigenvalue weighted by Crippen LogP contribution is 2.37. The maximum Gasteiger partial charge on any atom is 0.321 e. The van der Waals surface area contributed by atoms with Crippen molar-refractivity contribution in [3.8, 4) is 0 Å². The van der Waals surface area contributed by atoms with E-state index in [4.69, 9.17) is 9.47 Å². The summed E-state index contributed by atoms with van der Waals surface area (Å²) in [6, 6.07) is 15.6. The van der Waals surface area contributed by atoms with Crippen LogP contribution in [-0.4, -0.2) is 25.2 Å². The average molecular weight is 354 g/mol. The van der Waals surface area contributed by atoms with Gasteiger partial charge in [-0.2, -0.15) is 0 Å². The Morgan fingerprint density at radius 2 is 1.15 bits per heavy atom. The van der Waals surface area contributed by atoms with Crippen LogP contribution in [0.1, 0.15) is 42.0 Å². The Hall–Kier alpha value is -2.62. The van der Waals surface area contributed by atoms with Crippen LogP contribution in [0.3, 0.4) is 0 Å². The van der Waals surface area contributed by atoms with Crippen LogP contribution in [0.5, 0.6) is 0 Å². The lowest BCUT2D eigenvalue weighted by Gasteiger charge is -2.27. The van der Waals surface area contributed by atoms with Crippen molar-refractivity contribution in [3.05, 3.63) is 70.8 Å². The van der Waals surface area contributed by atoms with Gasteiger partial charge in [-0.25, -0.2) is 0 Å². The van der Waals surface area contributed by atoms with E-state index >= 15 is 0 Å². The highest BCUT2D eigenvalue weighted by Gasteiger charge is 2.40. The zero-order valence-electron chi connectivity index (χ0n) is 15.8. The highest BCUT2D eigenvalue weighted by molar-refractivity contribution is 5.96. The average Bonchev–Trinajstić information content (AvgIpc) is 2.61. The second-order valence-electron chi connectivity index (χ2n) is 6.17. The zero-order valence-corrected chi connectivity index (χ0v) is 15.8. The first-order chi connectivity index (χ1) is 12.5. The summed E-state index contributed by atoms with van der Waals surface area (Å²) in [5, 5.41) is 0. The molecule has 138 valence electrons. The minimum atomic E-state index is -1.04. The third-order valence-electron chi connectivity index (χ3n) is 4.46. The van der Waals surface area contributed by atoms with E-state index in [1.165, 1.54) is 0 Å². The van der Waals surface area contributed by atoms with E-state index in [0.29, 0.717) is 0 Å². The molecule has 0 radical (unpaired) electrons. The maximum atomic E-state index is 12.7. The van der Waals surface area contributed by atoms with E-state index in [9.17, 15) is 9.59 Å². The van der Waals surface area contributed by atoms with Gasteiger partial charge in [0, 0.05) is 5.92 Å². The van der Waals surface area contributed by atoms with Gasteiger partial charge in [0.05, 0.1) is 13.2 Å². The Kier molecular flexibility index (Phi) is 6.96. The fraction of sp³-hybridized carbons (Fsp3) is 0.364. The van der Waals surface area contributed by atoms with E-state index in [1.54, 1.807) is 13.8 Å². The van der Waals surface area contributed by atoms with Crippen LogP contribution in [-0.2, 0) is 19.1 Å². The number of aryl methyl sites for hydroxylation is 2. The molecule has 0 unspecified atom stereocenters. The molecule has 4 nitrogen and oxygen atoms in total. The van der Waals surface area contributed by atoms with E-state index in [2.05, 4.69) is 0 Å². The molecule has 2 aromatic rings. The minimum Gasteiger partial charge on any atom is -0.465 e. The van der Waals surface area contributed by atoms with Gasteiger partial charge in [-0.05, 0) is 49.9 Å². The lowest BCUT2D eigenvalue weighted by atomic mass is 9.77. The van der Waals surface area contributed by atoms with E-state index in [1.807, 2.05) is 62.4 Å². The highest BCUT2D eigenvalue weighted by atomic mass is 16.6. The van der Waals surface area contributed by atoms with Crippen molar-refractivity contribution < 1.29 is 19.1 Å². The van der Waals surface area contributed by atoms with Gasteiger partial charge in [-0.15, -0.1) is 0 Å². The summed E-state index contributed by atoms with van der Waals surface area (Å²) < 4.78 is 10.5. The standard InChI is InChI=1S/C22H26O4/c1-5-25-21(23)20(22(24)26-6-2)19(17-13-9-7-11-15(17)3)18-14-10-8-12-16(18)4/h7-14,19-20H,5-6H2,1-4H3. The van der Waals surface area contributed by atoms with Crippen molar-refractivity contribution in [1.29, 1.82) is 0 Å². The monoisotopic (exact) mass is 354 g/mol. The van der Waals surface area contributed by atoms with Crippen LogP contribution in [0.15, 0.2) is 48.5 Å². The van der Waals surface area contributed by atoms with Gasteiger partial charge in [0.1, 0.15) is 0 Å². The van der Waals surface area contributed by atoms with Gasteiger partial charge < -0.3 is 9.47 Å². The predicted molar refractivity (Wildman–Crippen MR) is 101 cm³/mol. The first kappa shape index (κ1) is 19.7. The second-order valence-corrected chi connectivity index (χ2v) is 6.17. The van der Waals surface area contributed by atoms with Crippen LogP contribution in [0.4, 0.5) is 0 Å². The normalized spacial score (nSPS) is 10.8. The molecule has 0 aliphatic carbocycles. The topological polar surface area (TPSA) is 52.6 Å². The molecule has 2 rings (SSSR count).